The normalized spacial score (nSPS) is 10.8. The molecule has 0 aliphatic heterocycles. The first kappa shape index (κ1) is 20.7. The van der Waals surface area contributed by atoms with Crippen molar-refractivity contribution in [1.82, 2.24) is 16.0 Å². The average molecular weight is 288 g/mol. The minimum Gasteiger partial charge on any atom is -0.352 e. The molecule has 0 saturated heterocycles. The average Bonchev–Trinajstić information content (AvgIpc) is 2.33. The Bertz CT molecular complexity index is 295. The van der Waals surface area contributed by atoms with Gasteiger partial charge in [0.2, 0.25) is 5.91 Å². The molecule has 0 aliphatic rings. The first-order chi connectivity index (χ1) is 9.38. The molecule has 7 nitrogen and oxygen atoms in total. The standard InChI is InChI=1S/C10H20N4O3.C3H8/c1-7(15)8(14-9(16)6-12-2)4-3-5-13-10(11)17;1-3-2/h8,12H,3-6H2,1-2H3,(H,14,16)(H3,11,13,17);3H2,1-2H3. The summed E-state index contributed by atoms with van der Waals surface area (Å²) < 4.78 is 0. The second kappa shape index (κ2) is 13.8. The zero-order chi connectivity index (χ0) is 16.0. The zero-order valence-electron chi connectivity index (χ0n) is 12.9. The van der Waals surface area contributed by atoms with Crippen LogP contribution in [-0.2, 0) is 9.59 Å². The van der Waals surface area contributed by atoms with Gasteiger partial charge in [0.25, 0.3) is 0 Å². The lowest BCUT2D eigenvalue weighted by atomic mass is 10.1. The zero-order valence-corrected chi connectivity index (χ0v) is 12.9. The van der Waals surface area contributed by atoms with E-state index in [0.29, 0.717) is 19.4 Å². The molecule has 0 radical (unpaired) electrons. The highest BCUT2D eigenvalue weighted by molar-refractivity contribution is 5.88. The van der Waals surface area contributed by atoms with Gasteiger partial charge in [-0.15, -0.1) is 0 Å². The molecule has 1 unspecified atom stereocenters. The van der Waals surface area contributed by atoms with Crippen LogP contribution in [0, 0.1) is 0 Å². The summed E-state index contributed by atoms with van der Waals surface area (Å²) in [6.07, 6.45) is 2.30. The Morgan fingerprint density at radius 3 is 2.15 bits per heavy atom. The predicted octanol–water partition coefficient (Wildman–Crippen LogP) is 0.144. The lowest BCUT2D eigenvalue weighted by Gasteiger charge is -2.15. The lowest BCUT2D eigenvalue weighted by Crippen LogP contribution is -2.43. The second-order valence-corrected chi connectivity index (χ2v) is 4.40. The fourth-order valence-electron chi connectivity index (χ4n) is 1.30. The molecule has 0 heterocycles. The van der Waals surface area contributed by atoms with Gasteiger partial charge in [0.1, 0.15) is 0 Å². The molecule has 118 valence electrons. The molecular weight excluding hydrogens is 260 g/mol. The molecule has 0 fully saturated rings. The third-order valence-electron chi connectivity index (χ3n) is 2.13. The molecule has 5 N–H and O–H groups in total. The Morgan fingerprint density at radius 2 is 1.75 bits per heavy atom. The highest BCUT2D eigenvalue weighted by Crippen LogP contribution is 1.98. The predicted molar refractivity (Wildman–Crippen MR) is 79.3 cm³/mol. The Kier molecular flexibility index (Phi) is 14.3. The number of Topliss-reactive ketones (excluding diaryl/α,β-unsaturated/α-hetero) is 1. The molecule has 0 aliphatic carbocycles. The van der Waals surface area contributed by atoms with Crippen LogP contribution in [0.4, 0.5) is 4.79 Å². The van der Waals surface area contributed by atoms with E-state index >= 15 is 0 Å². The smallest absolute Gasteiger partial charge is 0.312 e. The van der Waals surface area contributed by atoms with Crippen molar-refractivity contribution in [3.63, 3.8) is 0 Å². The monoisotopic (exact) mass is 288 g/mol. The molecule has 1 atom stereocenters. The molecule has 0 rings (SSSR count). The van der Waals surface area contributed by atoms with Gasteiger partial charge in [-0.1, -0.05) is 20.3 Å². The largest absolute Gasteiger partial charge is 0.352 e. The van der Waals surface area contributed by atoms with Crippen LogP contribution in [0.15, 0.2) is 0 Å². The van der Waals surface area contributed by atoms with E-state index in [4.69, 9.17) is 5.73 Å². The Labute approximate surface area is 121 Å². The Hall–Kier alpha value is -1.63. The molecule has 7 heteroatoms. The van der Waals surface area contributed by atoms with E-state index in [9.17, 15) is 14.4 Å². The lowest BCUT2D eigenvalue weighted by molar-refractivity contribution is -0.126. The van der Waals surface area contributed by atoms with E-state index in [1.165, 1.54) is 13.3 Å². The number of rotatable bonds is 8. The van der Waals surface area contributed by atoms with E-state index in [0.717, 1.165) is 0 Å². The summed E-state index contributed by atoms with van der Waals surface area (Å²) in [7, 11) is 1.65. The fourth-order valence-corrected chi connectivity index (χ4v) is 1.30. The number of amides is 3. The van der Waals surface area contributed by atoms with Gasteiger partial charge in [-0.3, -0.25) is 9.59 Å². The van der Waals surface area contributed by atoms with Gasteiger partial charge in [-0.2, -0.15) is 0 Å². The molecule has 0 aromatic heterocycles. The minimum atomic E-state index is -0.594. The fraction of sp³-hybridized carbons (Fsp3) is 0.769. The van der Waals surface area contributed by atoms with Crippen LogP contribution in [0.25, 0.3) is 0 Å². The van der Waals surface area contributed by atoms with Crippen LogP contribution in [-0.4, -0.2) is 43.9 Å². The van der Waals surface area contributed by atoms with E-state index in [2.05, 4.69) is 29.8 Å². The van der Waals surface area contributed by atoms with Crippen LogP contribution in [0.5, 0.6) is 0 Å². The Balaban J connectivity index is 0. The molecule has 3 amide bonds. The number of nitrogens with two attached hydrogens (primary N) is 1. The van der Waals surface area contributed by atoms with E-state index in [-0.39, 0.29) is 18.2 Å². The van der Waals surface area contributed by atoms with Gasteiger partial charge in [-0.05, 0) is 26.8 Å². The number of nitrogens with one attached hydrogen (secondary N) is 3. The van der Waals surface area contributed by atoms with Gasteiger partial charge in [0.05, 0.1) is 12.6 Å². The highest BCUT2D eigenvalue weighted by atomic mass is 16.2. The van der Waals surface area contributed by atoms with Crippen molar-refractivity contribution in [2.75, 3.05) is 20.1 Å². The number of hydrogen-bond acceptors (Lipinski definition) is 4. The summed E-state index contributed by atoms with van der Waals surface area (Å²) in [4.78, 5) is 33.0. The van der Waals surface area contributed by atoms with E-state index < -0.39 is 12.1 Å². The maximum atomic E-state index is 11.3. The number of carbonyl (C=O) groups is 3. The number of urea groups is 1. The van der Waals surface area contributed by atoms with Crippen molar-refractivity contribution >= 4 is 17.7 Å². The van der Waals surface area contributed by atoms with Crippen molar-refractivity contribution in [2.24, 2.45) is 5.73 Å². The molecule has 0 aromatic rings. The summed E-state index contributed by atoms with van der Waals surface area (Å²) in [5, 5.41) is 7.73. The third kappa shape index (κ3) is 14.4. The molecule has 0 aromatic carbocycles. The third-order valence-corrected chi connectivity index (χ3v) is 2.13. The number of hydrogen-bond donors (Lipinski definition) is 4. The summed E-state index contributed by atoms with van der Waals surface area (Å²) in [6, 6.07) is -1.10. The molecule has 0 spiro atoms. The van der Waals surface area contributed by atoms with Crippen molar-refractivity contribution < 1.29 is 14.4 Å². The van der Waals surface area contributed by atoms with Gasteiger partial charge in [0.15, 0.2) is 5.78 Å². The number of primary amides is 1. The summed E-state index contributed by atoms with van der Waals surface area (Å²) in [5.74, 6) is -0.330. The molecule has 0 saturated carbocycles. The van der Waals surface area contributed by atoms with Crippen molar-refractivity contribution in [2.45, 2.75) is 46.1 Å². The molecular formula is C13H28N4O3. The highest BCUT2D eigenvalue weighted by Gasteiger charge is 2.15. The van der Waals surface area contributed by atoms with Crippen LogP contribution in [0.2, 0.25) is 0 Å². The molecule has 20 heavy (non-hydrogen) atoms. The Morgan fingerprint density at radius 1 is 1.20 bits per heavy atom. The number of ketones is 1. The summed E-state index contributed by atoms with van der Waals surface area (Å²) in [5.41, 5.74) is 4.89. The van der Waals surface area contributed by atoms with Crippen LogP contribution < -0.4 is 21.7 Å². The first-order valence-corrected chi connectivity index (χ1v) is 6.86. The van der Waals surface area contributed by atoms with Crippen molar-refractivity contribution in [1.29, 1.82) is 0 Å². The van der Waals surface area contributed by atoms with E-state index in [1.54, 1.807) is 7.05 Å². The summed E-state index contributed by atoms with van der Waals surface area (Å²) in [6.45, 7) is 6.23. The van der Waals surface area contributed by atoms with Crippen molar-refractivity contribution in [3.05, 3.63) is 0 Å². The van der Waals surface area contributed by atoms with Gasteiger partial charge in [0, 0.05) is 6.54 Å². The maximum absolute atomic E-state index is 11.3. The van der Waals surface area contributed by atoms with Crippen molar-refractivity contribution in [3.8, 4) is 0 Å². The number of likely N-dealkylation sites (N-methyl/N-ethyl adjacent to an activating group) is 1. The van der Waals surface area contributed by atoms with E-state index in [1.807, 2.05) is 0 Å². The van der Waals surface area contributed by atoms with Gasteiger partial charge in [-0.25, -0.2) is 4.79 Å². The second-order valence-electron chi connectivity index (χ2n) is 4.40. The quantitative estimate of drug-likeness (QED) is 0.476. The van der Waals surface area contributed by atoms with Crippen LogP contribution >= 0.6 is 0 Å². The van der Waals surface area contributed by atoms with Gasteiger partial charge >= 0.3 is 6.03 Å². The van der Waals surface area contributed by atoms with Crippen LogP contribution in [0.3, 0.4) is 0 Å². The maximum Gasteiger partial charge on any atom is 0.312 e. The van der Waals surface area contributed by atoms with Gasteiger partial charge < -0.3 is 21.7 Å². The topological polar surface area (TPSA) is 113 Å². The minimum absolute atomic E-state index is 0.103. The SMILES string of the molecule is CCC.CNCC(=O)NC(CCCNC(N)=O)C(C)=O. The summed E-state index contributed by atoms with van der Waals surface area (Å²) >= 11 is 0. The number of carbonyl (C=O) groups excluding carboxylic acids is 3. The van der Waals surface area contributed by atoms with Crippen LogP contribution in [0.1, 0.15) is 40.0 Å². The molecule has 0 bridgehead atoms. The first-order valence-electron chi connectivity index (χ1n) is 6.86.